The van der Waals surface area contributed by atoms with Gasteiger partial charge in [0.15, 0.2) is 0 Å². The number of aromatic nitrogens is 1. The van der Waals surface area contributed by atoms with Crippen molar-refractivity contribution in [2.45, 2.75) is 43.1 Å². The number of nitrogens with zero attached hydrogens (tertiary/aromatic N) is 1. The van der Waals surface area contributed by atoms with Crippen LogP contribution in [0.2, 0.25) is 0 Å². The molecule has 1 saturated carbocycles. The number of hydrogen-bond donors (Lipinski definition) is 3. The average molecular weight is 314 g/mol. The van der Waals surface area contributed by atoms with Gasteiger partial charge >= 0.3 is 0 Å². The fourth-order valence-electron chi connectivity index (χ4n) is 2.42. The summed E-state index contributed by atoms with van der Waals surface area (Å²) in [6.45, 7) is 0.604. The molecule has 0 radical (unpaired) electrons. The van der Waals surface area contributed by atoms with Crippen LogP contribution in [0.25, 0.3) is 0 Å². The fourth-order valence-corrected chi connectivity index (χ4v) is 3.55. The zero-order valence-corrected chi connectivity index (χ0v) is 12.7. The SMILES string of the molecule is NNc1ccncc1S(=O)(=O)NCCOC1CCCCC1. The molecule has 1 aromatic rings. The third-order valence-electron chi connectivity index (χ3n) is 3.53. The Morgan fingerprint density at radius 2 is 2.10 bits per heavy atom. The molecular formula is C13H22N4O3S. The first-order valence-corrected chi connectivity index (χ1v) is 8.63. The van der Waals surface area contributed by atoms with Gasteiger partial charge in [0.25, 0.3) is 0 Å². The average Bonchev–Trinajstić information content (AvgIpc) is 2.52. The molecule has 1 aliphatic carbocycles. The molecular weight excluding hydrogens is 292 g/mol. The van der Waals surface area contributed by atoms with E-state index < -0.39 is 10.0 Å². The summed E-state index contributed by atoms with van der Waals surface area (Å²) in [7, 11) is -3.64. The van der Waals surface area contributed by atoms with E-state index in [1.54, 1.807) is 0 Å². The molecule has 2 rings (SSSR count). The molecule has 4 N–H and O–H groups in total. The molecule has 118 valence electrons. The molecule has 0 unspecified atom stereocenters. The predicted octanol–water partition coefficient (Wildman–Crippen LogP) is 0.995. The van der Waals surface area contributed by atoms with Crippen LogP contribution in [0.4, 0.5) is 5.69 Å². The highest BCUT2D eigenvalue weighted by molar-refractivity contribution is 7.89. The van der Waals surface area contributed by atoms with E-state index in [2.05, 4.69) is 15.1 Å². The largest absolute Gasteiger partial charge is 0.377 e. The molecule has 0 amide bonds. The van der Waals surface area contributed by atoms with Crippen LogP contribution in [-0.4, -0.2) is 32.7 Å². The van der Waals surface area contributed by atoms with Crippen molar-refractivity contribution in [3.05, 3.63) is 18.5 Å². The molecule has 21 heavy (non-hydrogen) atoms. The number of nitrogen functional groups attached to an aromatic ring is 1. The van der Waals surface area contributed by atoms with E-state index in [1.807, 2.05) is 0 Å². The molecule has 0 saturated heterocycles. The van der Waals surface area contributed by atoms with E-state index in [0.717, 1.165) is 12.8 Å². The fraction of sp³-hybridized carbons (Fsp3) is 0.615. The number of ether oxygens (including phenoxy) is 1. The van der Waals surface area contributed by atoms with Crippen molar-refractivity contribution < 1.29 is 13.2 Å². The third-order valence-corrected chi connectivity index (χ3v) is 5.02. The van der Waals surface area contributed by atoms with Gasteiger partial charge in [0, 0.05) is 18.9 Å². The molecule has 1 aliphatic rings. The van der Waals surface area contributed by atoms with Crippen LogP contribution in [0.1, 0.15) is 32.1 Å². The summed E-state index contributed by atoms with van der Waals surface area (Å²) >= 11 is 0. The minimum atomic E-state index is -3.64. The highest BCUT2D eigenvalue weighted by Crippen LogP contribution is 2.20. The van der Waals surface area contributed by atoms with Gasteiger partial charge in [0.05, 0.1) is 18.4 Å². The van der Waals surface area contributed by atoms with Gasteiger partial charge in [0.2, 0.25) is 10.0 Å². The maximum Gasteiger partial charge on any atom is 0.244 e. The van der Waals surface area contributed by atoms with Gasteiger partial charge in [-0.05, 0) is 18.9 Å². The van der Waals surface area contributed by atoms with E-state index in [9.17, 15) is 8.42 Å². The molecule has 1 heterocycles. The molecule has 0 bridgehead atoms. The minimum Gasteiger partial charge on any atom is -0.377 e. The van der Waals surface area contributed by atoms with Gasteiger partial charge < -0.3 is 10.2 Å². The maximum atomic E-state index is 12.2. The maximum absolute atomic E-state index is 12.2. The van der Waals surface area contributed by atoms with Crippen LogP contribution in [0.15, 0.2) is 23.4 Å². The Bertz CT molecular complexity index is 544. The number of sulfonamides is 1. The second-order valence-corrected chi connectivity index (χ2v) is 6.78. The Kier molecular flexibility index (Phi) is 5.92. The highest BCUT2D eigenvalue weighted by atomic mass is 32.2. The van der Waals surface area contributed by atoms with Crippen molar-refractivity contribution in [2.24, 2.45) is 5.84 Å². The number of pyridine rings is 1. The predicted molar refractivity (Wildman–Crippen MR) is 80.1 cm³/mol. The number of rotatable bonds is 7. The molecule has 0 atom stereocenters. The smallest absolute Gasteiger partial charge is 0.244 e. The number of nitrogens with two attached hydrogens (primary N) is 1. The van der Waals surface area contributed by atoms with Crippen LogP contribution in [0.3, 0.4) is 0 Å². The number of nitrogens with one attached hydrogen (secondary N) is 2. The van der Waals surface area contributed by atoms with Gasteiger partial charge in [-0.3, -0.25) is 10.8 Å². The number of anilines is 1. The van der Waals surface area contributed by atoms with Gasteiger partial charge in [-0.2, -0.15) is 0 Å². The summed E-state index contributed by atoms with van der Waals surface area (Å²) in [6.07, 6.45) is 8.79. The Balaban J connectivity index is 1.83. The molecule has 0 spiro atoms. The minimum absolute atomic E-state index is 0.0326. The summed E-state index contributed by atoms with van der Waals surface area (Å²) < 4.78 is 32.5. The van der Waals surface area contributed by atoms with Crippen LogP contribution < -0.4 is 16.0 Å². The Labute approximate surface area is 125 Å². The Hall–Kier alpha value is -1.22. The second-order valence-electron chi connectivity index (χ2n) is 5.04. The molecule has 8 heteroatoms. The van der Waals surface area contributed by atoms with Crippen molar-refractivity contribution in [1.29, 1.82) is 0 Å². The molecule has 1 aromatic heterocycles. The zero-order valence-electron chi connectivity index (χ0n) is 11.9. The quantitative estimate of drug-likeness (QED) is 0.394. The first-order chi connectivity index (χ1) is 10.1. The van der Waals surface area contributed by atoms with Crippen molar-refractivity contribution in [1.82, 2.24) is 9.71 Å². The van der Waals surface area contributed by atoms with E-state index in [4.69, 9.17) is 10.6 Å². The van der Waals surface area contributed by atoms with Crippen molar-refractivity contribution in [3.63, 3.8) is 0 Å². The standard InChI is InChI=1S/C13H22N4O3S/c14-17-12-6-7-15-10-13(12)21(18,19)16-8-9-20-11-4-2-1-3-5-11/h6-7,10-11,16H,1-5,8-9,14H2,(H,15,17). The van der Waals surface area contributed by atoms with Crippen LogP contribution >= 0.6 is 0 Å². The topological polar surface area (TPSA) is 106 Å². The Morgan fingerprint density at radius 3 is 2.81 bits per heavy atom. The second kappa shape index (κ2) is 7.69. The van der Waals surface area contributed by atoms with Gasteiger partial charge in [-0.15, -0.1) is 0 Å². The summed E-state index contributed by atoms with van der Waals surface area (Å²) in [6, 6.07) is 1.51. The number of hydrogen-bond acceptors (Lipinski definition) is 6. The lowest BCUT2D eigenvalue weighted by Crippen LogP contribution is -2.30. The summed E-state index contributed by atoms with van der Waals surface area (Å²) in [5.41, 5.74) is 2.66. The summed E-state index contributed by atoms with van der Waals surface area (Å²) in [4.78, 5) is 3.85. The lowest BCUT2D eigenvalue weighted by Gasteiger charge is -2.22. The third kappa shape index (κ3) is 4.63. The first kappa shape index (κ1) is 16.2. The van der Waals surface area contributed by atoms with Crippen molar-refractivity contribution in [2.75, 3.05) is 18.6 Å². The summed E-state index contributed by atoms with van der Waals surface area (Å²) in [5.74, 6) is 5.30. The molecule has 7 nitrogen and oxygen atoms in total. The van der Waals surface area contributed by atoms with Crippen molar-refractivity contribution in [3.8, 4) is 0 Å². The molecule has 1 fully saturated rings. The van der Waals surface area contributed by atoms with Gasteiger partial charge in [-0.25, -0.2) is 13.1 Å². The van der Waals surface area contributed by atoms with Gasteiger partial charge in [0.1, 0.15) is 4.90 Å². The van der Waals surface area contributed by atoms with E-state index in [-0.39, 0.29) is 17.5 Å². The highest BCUT2D eigenvalue weighted by Gasteiger charge is 2.18. The van der Waals surface area contributed by atoms with Crippen molar-refractivity contribution >= 4 is 15.7 Å². The molecule has 0 aromatic carbocycles. The lowest BCUT2D eigenvalue weighted by molar-refractivity contribution is 0.0321. The lowest BCUT2D eigenvalue weighted by atomic mass is 9.98. The Morgan fingerprint density at radius 1 is 1.33 bits per heavy atom. The van der Waals surface area contributed by atoms with Gasteiger partial charge in [-0.1, -0.05) is 19.3 Å². The van der Waals surface area contributed by atoms with E-state index in [1.165, 1.54) is 37.7 Å². The zero-order chi connectivity index (χ0) is 15.1. The first-order valence-electron chi connectivity index (χ1n) is 7.15. The monoisotopic (exact) mass is 314 g/mol. The number of hydrazine groups is 1. The van der Waals surface area contributed by atoms with Crippen LogP contribution in [0, 0.1) is 0 Å². The molecule has 0 aliphatic heterocycles. The van der Waals surface area contributed by atoms with E-state index in [0.29, 0.717) is 12.3 Å². The van der Waals surface area contributed by atoms with E-state index >= 15 is 0 Å². The summed E-state index contributed by atoms with van der Waals surface area (Å²) in [5, 5.41) is 0. The van der Waals surface area contributed by atoms with Crippen LogP contribution in [-0.2, 0) is 14.8 Å². The normalized spacial score (nSPS) is 16.8. The van der Waals surface area contributed by atoms with Crippen LogP contribution in [0.5, 0.6) is 0 Å².